The van der Waals surface area contributed by atoms with Crippen molar-refractivity contribution in [1.82, 2.24) is 9.78 Å². The summed E-state index contributed by atoms with van der Waals surface area (Å²) >= 11 is 0. The Kier molecular flexibility index (Phi) is 3.49. The van der Waals surface area contributed by atoms with Crippen LogP contribution < -0.4 is 4.90 Å². The van der Waals surface area contributed by atoms with Gasteiger partial charge in [-0.1, -0.05) is 0 Å². The monoisotopic (exact) mass is 268 g/mol. The van der Waals surface area contributed by atoms with Crippen molar-refractivity contribution in [2.45, 2.75) is 45.8 Å². The van der Waals surface area contributed by atoms with Crippen molar-refractivity contribution in [3.63, 3.8) is 0 Å². The first-order valence-corrected chi connectivity index (χ1v) is 6.55. The molecule has 0 saturated carbocycles. The quantitative estimate of drug-likeness (QED) is 0.663. The molecule has 0 atom stereocenters. The summed E-state index contributed by atoms with van der Waals surface area (Å²) in [5.74, 6) is 0.570. The Balaban J connectivity index is 2.36. The Morgan fingerprint density at radius 2 is 2.05 bits per heavy atom. The van der Waals surface area contributed by atoms with Crippen LogP contribution >= 0.6 is 0 Å². The molecule has 19 heavy (non-hydrogen) atoms. The molecule has 0 radical (unpaired) electrons. The lowest BCUT2D eigenvalue weighted by molar-refractivity contribution is -0.384. The molecule has 1 aromatic rings. The van der Waals surface area contributed by atoms with Crippen LogP contribution in [0, 0.1) is 17.0 Å². The van der Waals surface area contributed by atoms with Gasteiger partial charge in [0, 0.05) is 19.6 Å². The largest absolute Gasteiger partial charge is 0.390 e. The second-order valence-corrected chi connectivity index (χ2v) is 5.31. The summed E-state index contributed by atoms with van der Waals surface area (Å²) in [7, 11) is 0. The topological polar surface area (TPSA) is 84.4 Å². The minimum atomic E-state index is -0.669. The lowest BCUT2D eigenvalue weighted by atomic mass is 9.94. The van der Waals surface area contributed by atoms with E-state index in [-0.39, 0.29) is 10.6 Å². The predicted octanol–water partition coefficient (Wildman–Crippen LogP) is 1.47. The van der Waals surface area contributed by atoms with Crippen molar-refractivity contribution in [2.24, 2.45) is 0 Å². The van der Waals surface area contributed by atoms with Gasteiger partial charge in [-0.15, -0.1) is 0 Å². The molecule has 1 aliphatic heterocycles. The van der Waals surface area contributed by atoms with Crippen LogP contribution in [0.1, 0.15) is 32.4 Å². The average Bonchev–Trinajstić information content (AvgIpc) is 2.66. The van der Waals surface area contributed by atoms with Crippen molar-refractivity contribution in [3.8, 4) is 0 Å². The van der Waals surface area contributed by atoms with Gasteiger partial charge < -0.3 is 10.0 Å². The van der Waals surface area contributed by atoms with Crippen molar-refractivity contribution in [1.29, 1.82) is 0 Å². The Morgan fingerprint density at radius 1 is 1.47 bits per heavy atom. The van der Waals surface area contributed by atoms with Gasteiger partial charge in [-0.05, 0) is 33.6 Å². The van der Waals surface area contributed by atoms with Crippen LogP contribution in [0.25, 0.3) is 0 Å². The van der Waals surface area contributed by atoms with Crippen LogP contribution in [-0.4, -0.2) is 38.5 Å². The van der Waals surface area contributed by atoms with Crippen LogP contribution in [0.3, 0.4) is 0 Å². The molecule has 1 aromatic heterocycles. The van der Waals surface area contributed by atoms with Gasteiger partial charge in [-0.25, -0.2) is 4.68 Å². The predicted molar refractivity (Wildman–Crippen MR) is 71.4 cm³/mol. The molecule has 0 bridgehead atoms. The Morgan fingerprint density at radius 3 is 2.53 bits per heavy atom. The van der Waals surface area contributed by atoms with Crippen LogP contribution in [0.5, 0.6) is 0 Å². The molecular weight excluding hydrogens is 248 g/mol. The number of nitro groups is 1. The van der Waals surface area contributed by atoms with Crippen molar-refractivity contribution in [2.75, 3.05) is 18.0 Å². The molecule has 7 heteroatoms. The number of aromatic nitrogens is 2. The lowest BCUT2D eigenvalue weighted by Crippen LogP contribution is -2.43. The van der Waals surface area contributed by atoms with Gasteiger partial charge in [0.2, 0.25) is 5.82 Å². The summed E-state index contributed by atoms with van der Waals surface area (Å²) in [4.78, 5) is 12.8. The third kappa shape index (κ3) is 2.56. The van der Waals surface area contributed by atoms with Gasteiger partial charge in [-0.2, -0.15) is 5.10 Å². The molecule has 2 rings (SSSR count). The summed E-state index contributed by atoms with van der Waals surface area (Å²) < 4.78 is 1.67. The average molecular weight is 268 g/mol. The number of hydrogen-bond acceptors (Lipinski definition) is 5. The van der Waals surface area contributed by atoms with E-state index in [9.17, 15) is 15.2 Å². The molecule has 0 unspecified atom stereocenters. The number of piperidine rings is 1. The van der Waals surface area contributed by atoms with E-state index in [0.29, 0.717) is 44.0 Å². The molecule has 1 fully saturated rings. The van der Waals surface area contributed by atoms with Gasteiger partial charge in [0.25, 0.3) is 0 Å². The Labute approximate surface area is 112 Å². The van der Waals surface area contributed by atoms with E-state index >= 15 is 0 Å². The molecule has 0 aliphatic carbocycles. The molecule has 1 saturated heterocycles. The maximum absolute atomic E-state index is 11.2. The van der Waals surface area contributed by atoms with E-state index in [1.807, 2.05) is 11.8 Å². The first-order chi connectivity index (χ1) is 8.85. The molecule has 0 spiro atoms. The summed E-state index contributed by atoms with van der Waals surface area (Å²) in [5, 5.41) is 25.4. The van der Waals surface area contributed by atoms with Gasteiger partial charge in [0.1, 0.15) is 5.69 Å². The Bertz CT molecular complexity index is 485. The smallest absolute Gasteiger partial charge is 0.333 e. The van der Waals surface area contributed by atoms with E-state index in [1.54, 1.807) is 18.5 Å². The number of anilines is 1. The first kappa shape index (κ1) is 13.8. The van der Waals surface area contributed by atoms with E-state index in [4.69, 9.17) is 0 Å². The van der Waals surface area contributed by atoms with E-state index in [2.05, 4.69) is 5.10 Å². The minimum absolute atomic E-state index is 0.0865. The van der Waals surface area contributed by atoms with Crippen LogP contribution in [-0.2, 0) is 6.54 Å². The third-order valence-electron chi connectivity index (χ3n) is 3.69. The molecular formula is C12H20N4O3. The number of aliphatic hydroxyl groups is 1. The molecule has 1 aliphatic rings. The van der Waals surface area contributed by atoms with Gasteiger partial charge in [0.15, 0.2) is 0 Å². The summed E-state index contributed by atoms with van der Waals surface area (Å²) in [6, 6.07) is 0. The highest BCUT2D eigenvalue weighted by Gasteiger charge is 2.34. The third-order valence-corrected chi connectivity index (χ3v) is 3.69. The van der Waals surface area contributed by atoms with E-state index in [0.717, 1.165) is 0 Å². The highest BCUT2D eigenvalue weighted by atomic mass is 16.6. The zero-order valence-corrected chi connectivity index (χ0v) is 11.6. The molecule has 2 heterocycles. The fourth-order valence-corrected chi connectivity index (χ4v) is 2.51. The van der Waals surface area contributed by atoms with E-state index < -0.39 is 5.60 Å². The Hall–Kier alpha value is -1.63. The van der Waals surface area contributed by atoms with Crippen molar-refractivity contribution < 1.29 is 10.0 Å². The summed E-state index contributed by atoms with van der Waals surface area (Å²) in [5.41, 5.74) is -0.139. The van der Waals surface area contributed by atoms with Crippen LogP contribution in [0.4, 0.5) is 11.5 Å². The fraction of sp³-hybridized carbons (Fsp3) is 0.750. The fourth-order valence-electron chi connectivity index (χ4n) is 2.51. The number of rotatable bonds is 3. The second kappa shape index (κ2) is 4.80. The zero-order chi connectivity index (χ0) is 14.2. The van der Waals surface area contributed by atoms with Crippen LogP contribution in [0.2, 0.25) is 0 Å². The van der Waals surface area contributed by atoms with Crippen molar-refractivity contribution >= 4 is 11.5 Å². The maximum Gasteiger partial charge on any atom is 0.333 e. The van der Waals surface area contributed by atoms with Gasteiger partial charge >= 0.3 is 5.69 Å². The maximum atomic E-state index is 11.2. The molecule has 106 valence electrons. The highest BCUT2D eigenvalue weighted by Crippen LogP contribution is 2.34. The molecule has 1 N–H and O–H groups in total. The number of nitrogens with zero attached hydrogens (tertiary/aromatic N) is 4. The molecule has 0 aromatic carbocycles. The second-order valence-electron chi connectivity index (χ2n) is 5.31. The standard InChI is InChI=1S/C12H20N4O3/c1-4-15-11(10(16(18)19)9(2)13-15)14-7-5-12(3,17)6-8-14/h17H,4-8H2,1-3H3. The first-order valence-electron chi connectivity index (χ1n) is 6.55. The summed E-state index contributed by atoms with van der Waals surface area (Å²) in [6.07, 6.45) is 1.22. The zero-order valence-electron chi connectivity index (χ0n) is 11.6. The normalized spacial score (nSPS) is 18.6. The summed E-state index contributed by atoms with van der Waals surface area (Å²) in [6.45, 7) is 7.20. The SMILES string of the molecule is CCn1nc(C)c([N+](=O)[O-])c1N1CCC(C)(O)CC1. The number of aryl methyl sites for hydroxylation is 2. The highest BCUT2D eigenvalue weighted by molar-refractivity contribution is 5.61. The molecule has 7 nitrogen and oxygen atoms in total. The van der Waals surface area contributed by atoms with Crippen molar-refractivity contribution in [3.05, 3.63) is 15.8 Å². The van der Waals surface area contributed by atoms with E-state index in [1.165, 1.54) is 0 Å². The van der Waals surface area contributed by atoms with Gasteiger partial charge in [-0.3, -0.25) is 10.1 Å². The minimum Gasteiger partial charge on any atom is -0.390 e. The lowest BCUT2D eigenvalue weighted by Gasteiger charge is -2.36. The molecule has 0 amide bonds. The number of hydrogen-bond donors (Lipinski definition) is 1. The van der Waals surface area contributed by atoms with Gasteiger partial charge in [0.05, 0.1) is 10.5 Å². The van der Waals surface area contributed by atoms with Crippen LogP contribution in [0.15, 0.2) is 0 Å².